The number of anilines is 1. The van der Waals surface area contributed by atoms with E-state index in [9.17, 15) is 0 Å². The predicted octanol–water partition coefficient (Wildman–Crippen LogP) is 11.7. The van der Waals surface area contributed by atoms with Crippen LogP contribution >= 0.6 is 0 Å². The van der Waals surface area contributed by atoms with Gasteiger partial charge in [0, 0.05) is 29.9 Å². The molecule has 0 radical (unpaired) electrons. The van der Waals surface area contributed by atoms with Gasteiger partial charge in [0.1, 0.15) is 0 Å². The van der Waals surface area contributed by atoms with Crippen molar-refractivity contribution >= 4 is 5.69 Å². The van der Waals surface area contributed by atoms with Crippen LogP contribution in [0.5, 0.6) is 0 Å². The molecule has 0 saturated carbocycles. The van der Waals surface area contributed by atoms with Crippen molar-refractivity contribution in [2.24, 2.45) is 0 Å². The molecule has 0 aliphatic rings. The molecule has 1 heteroatoms. The van der Waals surface area contributed by atoms with Crippen molar-refractivity contribution in [2.45, 2.75) is 142 Å². The van der Waals surface area contributed by atoms with Gasteiger partial charge in [-0.2, -0.15) is 0 Å². The van der Waals surface area contributed by atoms with Crippen LogP contribution in [0.1, 0.15) is 153 Å². The van der Waals surface area contributed by atoms with Crippen LogP contribution in [-0.2, 0) is 0 Å². The first-order valence-corrected chi connectivity index (χ1v) is 16.8. The molecule has 0 heterocycles. The minimum atomic E-state index is 1.07. The molecule has 0 saturated heterocycles. The average Bonchev–Trinajstić information content (AvgIpc) is 2.97. The summed E-state index contributed by atoms with van der Waals surface area (Å²) in [6, 6.07) is 19.3. The highest BCUT2D eigenvalue weighted by Gasteiger charge is 2.07. The van der Waals surface area contributed by atoms with Crippen LogP contribution in [-0.4, -0.2) is 13.1 Å². The average molecular weight is 530 g/mol. The zero-order valence-electron chi connectivity index (χ0n) is 25.7. The fraction of sp³-hybridized carbons (Fsp3) is 0.632. The van der Waals surface area contributed by atoms with Crippen LogP contribution in [0.3, 0.4) is 0 Å². The number of rotatable bonds is 23. The van der Waals surface area contributed by atoms with E-state index in [1.54, 1.807) is 0 Å². The number of unbranched alkanes of at least 4 members (excludes halogenated alkanes) is 18. The number of benzene rings is 2. The molecule has 1 nitrogen and oxygen atoms in total. The van der Waals surface area contributed by atoms with Gasteiger partial charge < -0.3 is 4.90 Å². The molecule has 0 spiro atoms. The van der Waals surface area contributed by atoms with E-state index in [0.717, 1.165) is 11.1 Å². The Labute approximate surface area is 243 Å². The van der Waals surface area contributed by atoms with Gasteiger partial charge in [-0.15, -0.1) is 0 Å². The molecule has 0 amide bonds. The largest absolute Gasteiger partial charge is 0.372 e. The SMILES string of the molecule is CCCCCCCCCCCCN(CCCCCCCCCCCC)c1ccc(C#Cc2ccccc2)cc1. The van der Waals surface area contributed by atoms with Crippen molar-refractivity contribution in [3.8, 4) is 11.8 Å². The molecule has 0 unspecified atom stereocenters. The Balaban J connectivity index is 1.75. The normalized spacial score (nSPS) is 10.8. The topological polar surface area (TPSA) is 3.24 Å². The molecule has 0 aliphatic heterocycles. The Morgan fingerprint density at radius 1 is 0.410 bits per heavy atom. The van der Waals surface area contributed by atoms with E-state index < -0.39 is 0 Å². The summed E-state index contributed by atoms with van der Waals surface area (Å²) in [5.74, 6) is 6.63. The lowest BCUT2D eigenvalue weighted by Crippen LogP contribution is -2.25. The minimum Gasteiger partial charge on any atom is -0.372 e. The fourth-order valence-corrected chi connectivity index (χ4v) is 5.37. The maximum atomic E-state index is 3.33. The Morgan fingerprint density at radius 2 is 0.769 bits per heavy atom. The van der Waals surface area contributed by atoms with E-state index in [-0.39, 0.29) is 0 Å². The second-order valence-electron chi connectivity index (χ2n) is 11.5. The minimum absolute atomic E-state index is 1.07. The maximum Gasteiger partial charge on any atom is 0.0367 e. The van der Waals surface area contributed by atoms with Crippen LogP contribution in [0.25, 0.3) is 0 Å². The molecule has 2 rings (SSSR count). The molecular weight excluding hydrogens is 470 g/mol. The summed E-state index contributed by atoms with van der Waals surface area (Å²) in [7, 11) is 0. The van der Waals surface area contributed by atoms with Crippen LogP contribution < -0.4 is 4.90 Å². The van der Waals surface area contributed by atoms with Gasteiger partial charge in [0.25, 0.3) is 0 Å². The molecule has 0 fully saturated rings. The van der Waals surface area contributed by atoms with Crippen molar-refractivity contribution in [3.05, 3.63) is 65.7 Å². The Kier molecular flexibility index (Phi) is 20.0. The molecule has 216 valence electrons. The third-order valence-corrected chi connectivity index (χ3v) is 7.92. The van der Waals surface area contributed by atoms with Crippen molar-refractivity contribution in [1.82, 2.24) is 0 Å². The third-order valence-electron chi connectivity index (χ3n) is 7.92. The highest BCUT2D eigenvalue weighted by molar-refractivity contribution is 5.51. The first-order chi connectivity index (χ1) is 19.3. The molecular formula is C38H59N. The lowest BCUT2D eigenvalue weighted by atomic mass is 10.1. The smallest absolute Gasteiger partial charge is 0.0367 e. The summed E-state index contributed by atoms with van der Waals surface area (Å²) >= 11 is 0. The Morgan fingerprint density at radius 3 is 1.18 bits per heavy atom. The van der Waals surface area contributed by atoms with Crippen molar-refractivity contribution < 1.29 is 0 Å². The second kappa shape index (κ2) is 23.7. The van der Waals surface area contributed by atoms with Crippen molar-refractivity contribution in [3.63, 3.8) is 0 Å². The fourth-order valence-electron chi connectivity index (χ4n) is 5.37. The third kappa shape index (κ3) is 17.2. The molecule has 2 aromatic carbocycles. The number of nitrogens with zero attached hydrogens (tertiary/aromatic N) is 1. The van der Waals surface area contributed by atoms with E-state index in [4.69, 9.17) is 0 Å². The van der Waals surface area contributed by atoms with Gasteiger partial charge in [0.15, 0.2) is 0 Å². The molecule has 0 atom stereocenters. The molecule has 39 heavy (non-hydrogen) atoms. The Hall–Kier alpha value is -2.20. The van der Waals surface area contributed by atoms with Gasteiger partial charge >= 0.3 is 0 Å². The van der Waals surface area contributed by atoms with E-state index in [1.807, 2.05) is 18.2 Å². The summed E-state index contributed by atoms with van der Waals surface area (Å²) in [5.41, 5.74) is 3.54. The first-order valence-electron chi connectivity index (χ1n) is 16.8. The standard InChI is InChI=1S/C38H59N/c1-3-5-7-9-11-13-15-17-19-24-34-39(35-25-20-18-16-14-12-10-8-6-4-2)38-32-30-37(31-33-38)29-28-36-26-22-21-23-27-36/h21-23,26-27,30-33H,3-20,24-25,34-35H2,1-2H3. The molecule has 0 aliphatic carbocycles. The van der Waals surface area contributed by atoms with Crippen LogP contribution in [0, 0.1) is 11.8 Å². The van der Waals surface area contributed by atoms with Gasteiger partial charge in [-0.25, -0.2) is 0 Å². The summed E-state index contributed by atoms with van der Waals surface area (Å²) in [5, 5.41) is 0. The van der Waals surface area contributed by atoms with Crippen molar-refractivity contribution in [1.29, 1.82) is 0 Å². The second-order valence-corrected chi connectivity index (χ2v) is 11.5. The lowest BCUT2D eigenvalue weighted by Gasteiger charge is -2.25. The highest BCUT2D eigenvalue weighted by Crippen LogP contribution is 2.19. The lowest BCUT2D eigenvalue weighted by molar-refractivity contribution is 0.543. The zero-order valence-corrected chi connectivity index (χ0v) is 25.7. The van der Waals surface area contributed by atoms with E-state index in [1.165, 1.54) is 147 Å². The summed E-state index contributed by atoms with van der Waals surface area (Å²) in [4.78, 5) is 2.64. The predicted molar refractivity (Wildman–Crippen MR) is 175 cm³/mol. The van der Waals surface area contributed by atoms with Gasteiger partial charge in [-0.05, 0) is 49.2 Å². The van der Waals surface area contributed by atoms with E-state index >= 15 is 0 Å². The summed E-state index contributed by atoms with van der Waals surface area (Å²) in [6.07, 6.45) is 28.0. The molecule has 2 aromatic rings. The van der Waals surface area contributed by atoms with Crippen LogP contribution in [0.15, 0.2) is 54.6 Å². The molecule has 0 aromatic heterocycles. The quantitative estimate of drug-likeness (QED) is 0.102. The van der Waals surface area contributed by atoms with Gasteiger partial charge in [-0.1, -0.05) is 159 Å². The van der Waals surface area contributed by atoms with Crippen molar-refractivity contribution in [2.75, 3.05) is 18.0 Å². The zero-order chi connectivity index (χ0) is 27.6. The van der Waals surface area contributed by atoms with Gasteiger partial charge in [0.2, 0.25) is 0 Å². The monoisotopic (exact) mass is 529 g/mol. The Bertz CT molecular complexity index is 833. The van der Waals surface area contributed by atoms with Crippen LogP contribution in [0.4, 0.5) is 5.69 Å². The van der Waals surface area contributed by atoms with Gasteiger partial charge in [-0.3, -0.25) is 0 Å². The number of hydrogen-bond acceptors (Lipinski definition) is 1. The summed E-state index contributed by atoms with van der Waals surface area (Å²) in [6.45, 7) is 6.97. The molecule has 0 bridgehead atoms. The van der Waals surface area contributed by atoms with E-state index in [0.29, 0.717) is 0 Å². The highest BCUT2D eigenvalue weighted by atomic mass is 15.1. The number of hydrogen-bond donors (Lipinski definition) is 0. The first kappa shape index (κ1) is 33.0. The maximum absolute atomic E-state index is 3.33. The van der Waals surface area contributed by atoms with E-state index in [2.05, 4.69) is 67.0 Å². The summed E-state index contributed by atoms with van der Waals surface area (Å²) < 4.78 is 0. The van der Waals surface area contributed by atoms with Gasteiger partial charge in [0.05, 0.1) is 0 Å². The van der Waals surface area contributed by atoms with Crippen LogP contribution in [0.2, 0.25) is 0 Å². The molecule has 0 N–H and O–H groups in total.